The summed E-state index contributed by atoms with van der Waals surface area (Å²) in [6.45, 7) is 0. The Labute approximate surface area is 111 Å². The molecule has 0 radical (unpaired) electrons. The molecule has 0 aromatic carbocycles. The highest BCUT2D eigenvalue weighted by Gasteiger charge is 2.28. The quantitative estimate of drug-likeness (QED) is 0.833. The zero-order chi connectivity index (χ0) is 13.4. The maximum atomic E-state index is 11.9. The van der Waals surface area contributed by atoms with Gasteiger partial charge in [0.15, 0.2) is 0 Å². The predicted molar refractivity (Wildman–Crippen MR) is 68.3 cm³/mol. The standard InChI is InChI=1S/C13H9NO4S/c15-10-6-9-12(13(17)14-10)7(5-11(16)18-9)4-8-2-1-3-19-8/h1-3,5H,4,6H2,(H,14,15,17). The van der Waals surface area contributed by atoms with E-state index in [1.165, 1.54) is 6.07 Å². The van der Waals surface area contributed by atoms with Crippen LogP contribution in [0.5, 0.6) is 0 Å². The van der Waals surface area contributed by atoms with Crippen LogP contribution in [0.4, 0.5) is 0 Å². The molecule has 0 atom stereocenters. The first kappa shape index (κ1) is 11.9. The van der Waals surface area contributed by atoms with Gasteiger partial charge in [-0.25, -0.2) is 4.79 Å². The Morgan fingerprint density at radius 2 is 2.16 bits per heavy atom. The normalized spacial score (nSPS) is 14.1. The number of nitrogens with one attached hydrogen (secondary N) is 1. The van der Waals surface area contributed by atoms with Crippen LogP contribution in [0.1, 0.15) is 26.6 Å². The molecule has 2 aromatic rings. The third-order valence-corrected chi connectivity index (χ3v) is 3.74. The van der Waals surface area contributed by atoms with Crippen LogP contribution < -0.4 is 10.9 Å². The van der Waals surface area contributed by atoms with E-state index in [-0.39, 0.29) is 12.2 Å². The second-order valence-corrected chi connectivity index (χ2v) is 5.23. The van der Waals surface area contributed by atoms with E-state index in [0.717, 1.165) is 4.88 Å². The van der Waals surface area contributed by atoms with Crippen molar-refractivity contribution in [1.29, 1.82) is 0 Å². The number of rotatable bonds is 2. The minimum atomic E-state index is -0.534. The van der Waals surface area contributed by atoms with Crippen molar-refractivity contribution >= 4 is 23.2 Å². The lowest BCUT2D eigenvalue weighted by Gasteiger charge is -2.16. The average Bonchev–Trinajstić information content (AvgIpc) is 2.79. The smallest absolute Gasteiger partial charge is 0.336 e. The molecule has 0 spiro atoms. The highest BCUT2D eigenvalue weighted by atomic mass is 32.1. The van der Waals surface area contributed by atoms with Gasteiger partial charge in [-0.2, -0.15) is 0 Å². The number of carbonyl (C=O) groups excluding carboxylic acids is 2. The molecule has 0 saturated carbocycles. The lowest BCUT2D eigenvalue weighted by molar-refractivity contribution is -0.120. The molecular formula is C13H9NO4S. The SMILES string of the molecule is O=C1Cc2oc(=O)cc(Cc3cccs3)c2C(=O)N1. The minimum Gasteiger partial charge on any atom is -0.426 e. The molecule has 3 heterocycles. The van der Waals surface area contributed by atoms with Crippen molar-refractivity contribution in [2.24, 2.45) is 0 Å². The lowest BCUT2D eigenvalue weighted by atomic mass is 9.99. The summed E-state index contributed by atoms with van der Waals surface area (Å²) >= 11 is 1.54. The van der Waals surface area contributed by atoms with E-state index >= 15 is 0 Å². The number of hydrogen-bond donors (Lipinski definition) is 1. The predicted octanol–water partition coefficient (Wildman–Crippen LogP) is 1.10. The van der Waals surface area contributed by atoms with Gasteiger partial charge in [-0.15, -0.1) is 11.3 Å². The van der Waals surface area contributed by atoms with Crippen molar-refractivity contribution in [3.63, 3.8) is 0 Å². The first-order chi connectivity index (χ1) is 9.13. The Bertz CT molecular complexity index is 715. The molecule has 0 fully saturated rings. The Morgan fingerprint density at radius 3 is 2.89 bits per heavy atom. The van der Waals surface area contributed by atoms with E-state index < -0.39 is 17.4 Å². The molecule has 1 aliphatic heterocycles. The number of hydrogen-bond acceptors (Lipinski definition) is 5. The molecular weight excluding hydrogens is 266 g/mol. The number of thiophene rings is 1. The molecule has 2 aromatic heterocycles. The summed E-state index contributed by atoms with van der Waals surface area (Å²) in [6, 6.07) is 5.15. The van der Waals surface area contributed by atoms with Gasteiger partial charge in [0.25, 0.3) is 5.91 Å². The first-order valence-electron chi connectivity index (χ1n) is 5.66. The first-order valence-corrected chi connectivity index (χ1v) is 6.54. The maximum Gasteiger partial charge on any atom is 0.336 e. The molecule has 96 valence electrons. The van der Waals surface area contributed by atoms with Crippen molar-refractivity contribution in [2.45, 2.75) is 12.8 Å². The molecule has 3 rings (SSSR count). The highest BCUT2D eigenvalue weighted by Crippen LogP contribution is 2.21. The van der Waals surface area contributed by atoms with Gasteiger partial charge in [0.1, 0.15) is 5.76 Å². The molecule has 19 heavy (non-hydrogen) atoms. The zero-order valence-electron chi connectivity index (χ0n) is 9.76. The lowest BCUT2D eigenvalue weighted by Crippen LogP contribution is -2.38. The Kier molecular flexibility index (Phi) is 2.79. The highest BCUT2D eigenvalue weighted by molar-refractivity contribution is 7.09. The van der Waals surface area contributed by atoms with E-state index in [1.807, 2.05) is 17.5 Å². The number of carbonyl (C=O) groups is 2. The fourth-order valence-electron chi connectivity index (χ4n) is 2.11. The Balaban J connectivity index is 2.12. The van der Waals surface area contributed by atoms with E-state index in [4.69, 9.17) is 4.42 Å². The summed E-state index contributed by atoms with van der Waals surface area (Å²) in [7, 11) is 0. The van der Waals surface area contributed by atoms with Gasteiger partial charge in [-0.1, -0.05) is 6.07 Å². The number of imide groups is 1. The molecule has 0 bridgehead atoms. The third kappa shape index (κ3) is 2.22. The topological polar surface area (TPSA) is 76.4 Å². The summed E-state index contributed by atoms with van der Waals surface area (Å²) < 4.78 is 4.97. The van der Waals surface area contributed by atoms with Crippen LogP contribution in [0, 0.1) is 0 Å². The summed E-state index contributed by atoms with van der Waals surface area (Å²) in [4.78, 5) is 35.7. The molecule has 1 N–H and O–H groups in total. The number of amides is 2. The largest absolute Gasteiger partial charge is 0.426 e. The van der Waals surface area contributed by atoms with Crippen molar-refractivity contribution in [2.75, 3.05) is 0 Å². The van der Waals surface area contributed by atoms with Crippen LogP contribution in [0.15, 0.2) is 32.8 Å². The molecule has 2 amide bonds. The van der Waals surface area contributed by atoms with Crippen LogP contribution in [-0.4, -0.2) is 11.8 Å². The third-order valence-electron chi connectivity index (χ3n) is 2.86. The summed E-state index contributed by atoms with van der Waals surface area (Å²) in [5, 5.41) is 4.17. The van der Waals surface area contributed by atoms with Gasteiger partial charge in [0.2, 0.25) is 5.91 Å². The molecule has 6 heteroatoms. The monoisotopic (exact) mass is 275 g/mol. The molecule has 0 aliphatic carbocycles. The van der Waals surface area contributed by atoms with Crippen LogP contribution >= 0.6 is 11.3 Å². The summed E-state index contributed by atoms with van der Waals surface area (Å²) in [5.74, 6) is -0.789. The molecule has 1 aliphatic rings. The minimum absolute atomic E-state index is 0.0748. The van der Waals surface area contributed by atoms with Gasteiger partial charge in [0, 0.05) is 17.4 Å². The van der Waals surface area contributed by atoms with Gasteiger partial charge >= 0.3 is 5.63 Å². The fourth-order valence-corrected chi connectivity index (χ4v) is 2.84. The van der Waals surface area contributed by atoms with E-state index in [1.54, 1.807) is 11.3 Å². The second kappa shape index (κ2) is 4.47. The van der Waals surface area contributed by atoms with Gasteiger partial charge in [-0.3, -0.25) is 14.9 Å². The summed E-state index contributed by atoms with van der Waals surface area (Å²) in [5.41, 5.74) is 0.374. The zero-order valence-corrected chi connectivity index (χ0v) is 10.6. The average molecular weight is 275 g/mol. The van der Waals surface area contributed by atoms with E-state index in [9.17, 15) is 14.4 Å². The Hall–Kier alpha value is -2.21. The van der Waals surface area contributed by atoms with E-state index in [2.05, 4.69) is 5.32 Å². The second-order valence-electron chi connectivity index (χ2n) is 4.20. The maximum absolute atomic E-state index is 11.9. The van der Waals surface area contributed by atoms with Crippen molar-refractivity contribution < 1.29 is 14.0 Å². The number of fused-ring (bicyclic) bond motifs is 1. The van der Waals surface area contributed by atoms with Crippen molar-refractivity contribution in [3.8, 4) is 0 Å². The van der Waals surface area contributed by atoms with Crippen LogP contribution in [0.25, 0.3) is 0 Å². The van der Waals surface area contributed by atoms with Gasteiger partial charge in [-0.05, 0) is 17.0 Å². The molecule has 0 saturated heterocycles. The van der Waals surface area contributed by atoms with Crippen LogP contribution in [-0.2, 0) is 17.6 Å². The fraction of sp³-hybridized carbons (Fsp3) is 0.154. The van der Waals surface area contributed by atoms with Gasteiger partial charge < -0.3 is 4.42 Å². The van der Waals surface area contributed by atoms with Crippen molar-refractivity contribution in [1.82, 2.24) is 5.32 Å². The van der Waals surface area contributed by atoms with Crippen LogP contribution in [0.3, 0.4) is 0 Å². The molecule has 5 nitrogen and oxygen atoms in total. The van der Waals surface area contributed by atoms with Gasteiger partial charge in [0.05, 0.1) is 12.0 Å². The van der Waals surface area contributed by atoms with E-state index in [0.29, 0.717) is 17.5 Å². The van der Waals surface area contributed by atoms with Crippen LogP contribution in [0.2, 0.25) is 0 Å². The van der Waals surface area contributed by atoms with Crippen molar-refractivity contribution in [3.05, 3.63) is 55.8 Å². The summed E-state index contributed by atoms with van der Waals surface area (Å²) in [6.07, 6.45) is 0.405. The molecule has 0 unspecified atom stereocenters. The Morgan fingerprint density at radius 1 is 1.32 bits per heavy atom.